The Balaban J connectivity index is 1.94. The lowest BCUT2D eigenvalue weighted by Crippen LogP contribution is -2.28. The van der Waals surface area contributed by atoms with E-state index < -0.39 is 0 Å². The number of hydrogen-bond donors (Lipinski definition) is 1. The van der Waals surface area contributed by atoms with Gasteiger partial charge in [-0.2, -0.15) is 0 Å². The van der Waals surface area contributed by atoms with Crippen LogP contribution in [0.25, 0.3) is 0 Å². The Kier molecular flexibility index (Phi) is 2.99. The van der Waals surface area contributed by atoms with E-state index in [0.717, 1.165) is 12.8 Å². The van der Waals surface area contributed by atoms with Gasteiger partial charge in [0.1, 0.15) is 6.10 Å². The predicted octanol–water partition coefficient (Wildman–Crippen LogP) is 2.12. The van der Waals surface area contributed by atoms with E-state index in [1.165, 1.54) is 25.2 Å². The van der Waals surface area contributed by atoms with Crippen molar-refractivity contribution < 1.29 is 4.74 Å². The van der Waals surface area contributed by atoms with Crippen LogP contribution in [-0.2, 0) is 0 Å². The summed E-state index contributed by atoms with van der Waals surface area (Å²) in [7, 11) is 0. The molecule has 0 bridgehead atoms. The Bertz CT molecular complexity index is 401. The van der Waals surface area contributed by atoms with Crippen LogP contribution in [0, 0.1) is 5.41 Å². The number of aromatic amines is 1. The van der Waals surface area contributed by atoms with Crippen LogP contribution < -0.4 is 10.3 Å². The van der Waals surface area contributed by atoms with E-state index in [1.54, 1.807) is 0 Å². The molecule has 4 heteroatoms. The molecule has 2 rings (SSSR count). The summed E-state index contributed by atoms with van der Waals surface area (Å²) in [6, 6.07) is 1.40. The SMILES string of the molecule is CC1(C)CCC(Oc2cc(=O)[nH]cn2)CC1. The van der Waals surface area contributed by atoms with E-state index in [-0.39, 0.29) is 11.7 Å². The minimum atomic E-state index is -0.166. The normalized spacial score (nSPS) is 20.6. The van der Waals surface area contributed by atoms with Gasteiger partial charge in [0, 0.05) is 0 Å². The zero-order valence-electron chi connectivity index (χ0n) is 9.82. The lowest BCUT2D eigenvalue weighted by Gasteiger charge is -2.33. The fourth-order valence-electron chi connectivity index (χ4n) is 2.08. The van der Waals surface area contributed by atoms with Crippen molar-refractivity contribution in [3.05, 3.63) is 22.7 Å². The molecule has 0 atom stereocenters. The van der Waals surface area contributed by atoms with Crippen molar-refractivity contribution in [3.8, 4) is 5.88 Å². The summed E-state index contributed by atoms with van der Waals surface area (Å²) in [5, 5.41) is 0. The van der Waals surface area contributed by atoms with Crippen LogP contribution in [0.15, 0.2) is 17.2 Å². The summed E-state index contributed by atoms with van der Waals surface area (Å²) in [4.78, 5) is 17.5. The van der Waals surface area contributed by atoms with E-state index in [0.29, 0.717) is 11.3 Å². The van der Waals surface area contributed by atoms with E-state index in [2.05, 4.69) is 23.8 Å². The number of rotatable bonds is 2. The van der Waals surface area contributed by atoms with Gasteiger partial charge in [0.2, 0.25) is 5.88 Å². The monoisotopic (exact) mass is 222 g/mol. The molecule has 0 aliphatic heterocycles. The predicted molar refractivity (Wildman–Crippen MR) is 61.5 cm³/mol. The van der Waals surface area contributed by atoms with E-state index in [4.69, 9.17) is 4.74 Å². The van der Waals surface area contributed by atoms with Crippen LogP contribution in [-0.4, -0.2) is 16.1 Å². The second kappa shape index (κ2) is 4.28. The van der Waals surface area contributed by atoms with Gasteiger partial charge in [-0.05, 0) is 31.1 Å². The van der Waals surface area contributed by atoms with Crippen molar-refractivity contribution in [2.24, 2.45) is 5.41 Å². The molecular weight excluding hydrogens is 204 g/mol. The first-order valence-corrected chi connectivity index (χ1v) is 5.77. The number of nitrogens with one attached hydrogen (secondary N) is 1. The third-order valence-corrected chi connectivity index (χ3v) is 3.23. The van der Waals surface area contributed by atoms with Gasteiger partial charge >= 0.3 is 0 Å². The van der Waals surface area contributed by atoms with Crippen LogP contribution in [0.5, 0.6) is 5.88 Å². The molecule has 1 aromatic rings. The average Bonchev–Trinajstić information content (AvgIpc) is 2.21. The quantitative estimate of drug-likeness (QED) is 0.833. The molecule has 0 spiro atoms. The van der Waals surface area contributed by atoms with Crippen LogP contribution in [0.3, 0.4) is 0 Å². The zero-order valence-corrected chi connectivity index (χ0v) is 9.82. The van der Waals surface area contributed by atoms with Crippen molar-refractivity contribution in [1.82, 2.24) is 9.97 Å². The highest BCUT2D eigenvalue weighted by Crippen LogP contribution is 2.36. The van der Waals surface area contributed by atoms with Crippen molar-refractivity contribution in [3.63, 3.8) is 0 Å². The van der Waals surface area contributed by atoms with Crippen LogP contribution in [0.2, 0.25) is 0 Å². The molecule has 16 heavy (non-hydrogen) atoms. The number of nitrogens with zero attached hydrogens (tertiary/aromatic N) is 1. The molecule has 0 aromatic carbocycles. The van der Waals surface area contributed by atoms with E-state index >= 15 is 0 Å². The first-order valence-electron chi connectivity index (χ1n) is 5.77. The Morgan fingerprint density at radius 1 is 1.44 bits per heavy atom. The molecule has 88 valence electrons. The Morgan fingerprint density at radius 2 is 2.12 bits per heavy atom. The molecule has 1 fully saturated rings. The molecule has 1 saturated carbocycles. The van der Waals surface area contributed by atoms with Gasteiger partial charge in [-0.3, -0.25) is 4.79 Å². The Hall–Kier alpha value is -1.32. The van der Waals surface area contributed by atoms with E-state index in [9.17, 15) is 4.79 Å². The number of ether oxygens (including phenoxy) is 1. The summed E-state index contributed by atoms with van der Waals surface area (Å²) in [5.41, 5.74) is 0.266. The number of H-pyrrole nitrogens is 1. The van der Waals surface area contributed by atoms with Crippen molar-refractivity contribution in [2.45, 2.75) is 45.6 Å². The highest BCUT2D eigenvalue weighted by Gasteiger charge is 2.27. The second-order valence-corrected chi connectivity index (χ2v) is 5.23. The van der Waals surface area contributed by atoms with Gasteiger partial charge in [0.25, 0.3) is 5.56 Å². The molecule has 1 aliphatic rings. The van der Waals surface area contributed by atoms with Gasteiger partial charge in [-0.15, -0.1) is 0 Å². The van der Waals surface area contributed by atoms with Gasteiger partial charge in [-0.1, -0.05) is 13.8 Å². The summed E-state index contributed by atoms with van der Waals surface area (Å²) >= 11 is 0. The minimum absolute atomic E-state index is 0.166. The van der Waals surface area contributed by atoms with Crippen LogP contribution in [0.1, 0.15) is 39.5 Å². The molecule has 4 nitrogen and oxygen atoms in total. The molecule has 1 N–H and O–H groups in total. The van der Waals surface area contributed by atoms with Gasteiger partial charge in [-0.25, -0.2) is 4.98 Å². The first kappa shape index (κ1) is 11.2. The summed E-state index contributed by atoms with van der Waals surface area (Å²) < 4.78 is 5.70. The smallest absolute Gasteiger partial charge is 0.254 e. The highest BCUT2D eigenvalue weighted by molar-refractivity contribution is 5.05. The standard InChI is InChI=1S/C12H18N2O2/c1-12(2)5-3-9(4-6-12)16-11-7-10(15)13-8-14-11/h7-9H,3-6H2,1-2H3,(H,13,14,15). The van der Waals surface area contributed by atoms with Gasteiger partial charge in [0.05, 0.1) is 12.4 Å². The lowest BCUT2D eigenvalue weighted by atomic mass is 9.76. The molecule has 1 aromatic heterocycles. The molecule has 0 amide bonds. The van der Waals surface area contributed by atoms with Crippen LogP contribution in [0.4, 0.5) is 0 Å². The van der Waals surface area contributed by atoms with Crippen molar-refractivity contribution in [2.75, 3.05) is 0 Å². The third kappa shape index (κ3) is 2.84. The number of aromatic nitrogens is 2. The molecule has 1 heterocycles. The van der Waals surface area contributed by atoms with Gasteiger partial charge < -0.3 is 9.72 Å². The highest BCUT2D eigenvalue weighted by atomic mass is 16.5. The number of hydrogen-bond acceptors (Lipinski definition) is 3. The fourth-order valence-corrected chi connectivity index (χ4v) is 2.08. The second-order valence-electron chi connectivity index (χ2n) is 5.23. The third-order valence-electron chi connectivity index (χ3n) is 3.23. The minimum Gasteiger partial charge on any atom is -0.474 e. The van der Waals surface area contributed by atoms with Crippen molar-refractivity contribution in [1.29, 1.82) is 0 Å². The topological polar surface area (TPSA) is 55.0 Å². The Labute approximate surface area is 95.1 Å². The molecule has 1 aliphatic carbocycles. The molecule has 0 saturated heterocycles. The maximum absolute atomic E-state index is 11.1. The molecule has 0 unspecified atom stereocenters. The summed E-state index contributed by atoms with van der Waals surface area (Å²) in [6.07, 6.45) is 6.01. The maximum Gasteiger partial charge on any atom is 0.254 e. The first-order chi connectivity index (χ1) is 7.55. The maximum atomic E-state index is 11.1. The van der Waals surface area contributed by atoms with Gasteiger partial charge in [0.15, 0.2) is 0 Å². The molecular formula is C12H18N2O2. The summed E-state index contributed by atoms with van der Waals surface area (Å²) in [6.45, 7) is 4.57. The lowest BCUT2D eigenvalue weighted by molar-refractivity contribution is 0.0946. The van der Waals surface area contributed by atoms with Crippen molar-refractivity contribution >= 4 is 0 Å². The Morgan fingerprint density at radius 3 is 2.75 bits per heavy atom. The van der Waals surface area contributed by atoms with Crippen LogP contribution >= 0.6 is 0 Å². The molecule has 0 radical (unpaired) electrons. The largest absolute Gasteiger partial charge is 0.474 e. The average molecular weight is 222 g/mol. The zero-order chi connectivity index (χ0) is 11.6. The fraction of sp³-hybridized carbons (Fsp3) is 0.667. The summed E-state index contributed by atoms with van der Waals surface area (Å²) in [5.74, 6) is 0.438. The van der Waals surface area contributed by atoms with E-state index in [1.807, 2.05) is 0 Å².